The van der Waals surface area contributed by atoms with Crippen molar-refractivity contribution in [1.29, 1.82) is 0 Å². The van der Waals surface area contributed by atoms with E-state index in [-0.39, 0.29) is 5.70 Å². The molecule has 5 heteroatoms. The Morgan fingerprint density at radius 2 is 1.69 bits per heavy atom. The Morgan fingerprint density at radius 1 is 0.875 bits per heavy atom. The van der Waals surface area contributed by atoms with Crippen LogP contribution in [0.25, 0.3) is 16.8 Å². The van der Waals surface area contributed by atoms with Crippen LogP contribution in [0.15, 0.2) is 102 Å². The quantitative estimate of drug-likeness (QED) is 0.266. The molecule has 1 aliphatic heterocycles. The first-order valence-electron chi connectivity index (χ1n) is 10.1. The van der Waals surface area contributed by atoms with Crippen molar-refractivity contribution in [1.82, 2.24) is 0 Å². The van der Waals surface area contributed by atoms with Crippen molar-refractivity contribution in [3.8, 4) is 5.75 Å². The number of nitrogens with zero attached hydrogens (tertiary/aromatic N) is 1. The lowest BCUT2D eigenvalue weighted by Crippen LogP contribution is -2.05. The highest BCUT2D eigenvalue weighted by Crippen LogP contribution is 2.24. The predicted molar refractivity (Wildman–Crippen MR) is 127 cm³/mol. The number of cyclic esters (lactones) is 1. The van der Waals surface area contributed by atoms with Gasteiger partial charge >= 0.3 is 5.97 Å². The monoisotopic (exact) mass is 439 g/mol. The number of hydrogen-bond acceptors (Lipinski definition) is 4. The second kappa shape index (κ2) is 8.69. The molecule has 5 rings (SSSR count). The Kier molecular flexibility index (Phi) is 5.44. The predicted octanol–water partition coefficient (Wildman–Crippen LogP) is 6.42. The number of hydrogen-bond donors (Lipinski definition) is 0. The molecule has 0 amide bonds. The number of carbonyl (C=O) groups is 1. The molecule has 0 bridgehead atoms. The third-order valence-corrected chi connectivity index (χ3v) is 5.50. The molecule has 4 aromatic rings. The SMILES string of the molecule is O=C1OC(c2ccc3ccccc3c2)=NC1=Cc1cccc(OCc2ccccc2Cl)c1. The number of carbonyl (C=O) groups excluding carboxylic acids is 1. The standard InChI is InChI=1S/C27H18ClNO3/c28-24-11-4-3-9-22(24)17-31-23-10-5-6-18(14-23)15-25-27(30)32-26(29-25)21-13-12-19-7-1-2-8-20(19)16-21/h1-16H,17H2. The van der Waals surface area contributed by atoms with Crippen molar-refractivity contribution in [2.45, 2.75) is 6.61 Å². The van der Waals surface area contributed by atoms with Gasteiger partial charge in [-0.3, -0.25) is 0 Å². The lowest BCUT2D eigenvalue weighted by molar-refractivity contribution is -0.129. The molecule has 0 atom stereocenters. The molecule has 0 spiro atoms. The maximum atomic E-state index is 12.4. The van der Waals surface area contributed by atoms with Gasteiger partial charge in [0.1, 0.15) is 12.4 Å². The van der Waals surface area contributed by atoms with Gasteiger partial charge in [-0.1, -0.05) is 72.3 Å². The van der Waals surface area contributed by atoms with E-state index in [0.29, 0.717) is 23.3 Å². The number of halogens is 1. The van der Waals surface area contributed by atoms with Crippen LogP contribution in [0.4, 0.5) is 0 Å². The van der Waals surface area contributed by atoms with Crippen molar-refractivity contribution >= 4 is 40.3 Å². The molecule has 1 aliphatic rings. The fourth-order valence-electron chi connectivity index (χ4n) is 3.48. The normalized spacial score (nSPS) is 14.5. The third kappa shape index (κ3) is 4.27. The molecule has 0 saturated carbocycles. The van der Waals surface area contributed by atoms with Crippen molar-refractivity contribution < 1.29 is 14.3 Å². The van der Waals surface area contributed by atoms with Gasteiger partial charge in [0.2, 0.25) is 5.90 Å². The number of ether oxygens (including phenoxy) is 2. The molecule has 0 unspecified atom stereocenters. The summed E-state index contributed by atoms with van der Waals surface area (Å²) in [5.74, 6) is 0.498. The second-order valence-electron chi connectivity index (χ2n) is 7.35. The average Bonchev–Trinajstić information content (AvgIpc) is 3.18. The van der Waals surface area contributed by atoms with Gasteiger partial charge in [0.15, 0.2) is 5.70 Å². The number of esters is 1. The molecular weight excluding hydrogens is 422 g/mol. The highest BCUT2D eigenvalue weighted by atomic mass is 35.5. The summed E-state index contributed by atoms with van der Waals surface area (Å²) in [5, 5.41) is 2.84. The highest BCUT2D eigenvalue weighted by Gasteiger charge is 2.24. The van der Waals surface area contributed by atoms with E-state index in [1.807, 2.05) is 91.0 Å². The molecule has 0 aliphatic carbocycles. The lowest BCUT2D eigenvalue weighted by atomic mass is 10.1. The van der Waals surface area contributed by atoms with Crippen molar-refractivity contribution in [2.75, 3.05) is 0 Å². The van der Waals surface area contributed by atoms with Crippen molar-refractivity contribution in [3.05, 3.63) is 118 Å². The maximum absolute atomic E-state index is 12.4. The summed E-state index contributed by atoms with van der Waals surface area (Å²) in [6, 6.07) is 28.9. The average molecular weight is 440 g/mol. The summed E-state index contributed by atoms with van der Waals surface area (Å²) in [4.78, 5) is 16.8. The Morgan fingerprint density at radius 3 is 2.56 bits per heavy atom. The molecule has 32 heavy (non-hydrogen) atoms. The Bertz CT molecular complexity index is 1390. The summed E-state index contributed by atoms with van der Waals surface area (Å²) in [6.45, 7) is 0.353. The van der Waals surface area contributed by atoms with Gasteiger partial charge in [-0.05, 0) is 52.7 Å². The Labute approximate surface area is 190 Å². The summed E-state index contributed by atoms with van der Waals surface area (Å²) in [5.41, 5.74) is 2.70. The minimum absolute atomic E-state index is 0.247. The number of aliphatic imine (C=N–C) groups is 1. The zero-order chi connectivity index (χ0) is 21.9. The van der Waals surface area contributed by atoms with Crippen LogP contribution in [0.3, 0.4) is 0 Å². The van der Waals surface area contributed by atoms with Gasteiger partial charge in [-0.25, -0.2) is 9.79 Å². The zero-order valence-corrected chi connectivity index (χ0v) is 17.8. The summed E-state index contributed by atoms with van der Waals surface area (Å²) < 4.78 is 11.3. The molecule has 0 saturated heterocycles. The molecule has 0 aromatic heterocycles. The molecule has 156 valence electrons. The molecular formula is C27H18ClNO3. The molecule has 0 fully saturated rings. The van der Waals surface area contributed by atoms with Crippen LogP contribution in [-0.2, 0) is 16.1 Å². The fourth-order valence-corrected chi connectivity index (χ4v) is 3.67. The van der Waals surface area contributed by atoms with Crippen LogP contribution in [0.2, 0.25) is 5.02 Å². The van der Waals surface area contributed by atoms with E-state index in [0.717, 1.165) is 27.5 Å². The molecule has 0 N–H and O–H groups in total. The third-order valence-electron chi connectivity index (χ3n) is 5.13. The Balaban J connectivity index is 1.37. The van der Waals surface area contributed by atoms with Gasteiger partial charge in [0, 0.05) is 16.1 Å². The minimum atomic E-state index is -0.476. The molecule has 4 aromatic carbocycles. The lowest BCUT2D eigenvalue weighted by Gasteiger charge is -2.08. The second-order valence-corrected chi connectivity index (χ2v) is 7.76. The van der Waals surface area contributed by atoms with Crippen molar-refractivity contribution in [3.63, 3.8) is 0 Å². The van der Waals surface area contributed by atoms with E-state index < -0.39 is 5.97 Å². The first-order valence-corrected chi connectivity index (χ1v) is 10.5. The van der Waals surface area contributed by atoms with Crippen LogP contribution in [0.5, 0.6) is 5.75 Å². The van der Waals surface area contributed by atoms with Crippen LogP contribution >= 0.6 is 11.6 Å². The van der Waals surface area contributed by atoms with Crippen LogP contribution in [-0.4, -0.2) is 11.9 Å². The number of rotatable bonds is 5. The molecule has 0 radical (unpaired) electrons. The van der Waals surface area contributed by atoms with E-state index in [1.54, 1.807) is 6.08 Å². The van der Waals surface area contributed by atoms with Crippen molar-refractivity contribution in [2.24, 2.45) is 4.99 Å². The van der Waals surface area contributed by atoms with E-state index in [1.165, 1.54) is 0 Å². The van der Waals surface area contributed by atoms with E-state index in [9.17, 15) is 4.79 Å². The summed E-state index contributed by atoms with van der Waals surface area (Å²) in [6.07, 6.45) is 1.69. The largest absolute Gasteiger partial charge is 0.489 e. The zero-order valence-electron chi connectivity index (χ0n) is 17.0. The van der Waals surface area contributed by atoms with Gasteiger partial charge in [-0.15, -0.1) is 0 Å². The van der Waals surface area contributed by atoms with Crippen LogP contribution in [0.1, 0.15) is 16.7 Å². The first-order chi connectivity index (χ1) is 15.7. The fraction of sp³-hybridized carbons (Fsp3) is 0.0370. The Hall–Kier alpha value is -3.89. The highest BCUT2D eigenvalue weighted by molar-refractivity contribution is 6.31. The van der Waals surface area contributed by atoms with Crippen LogP contribution in [0, 0.1) is 0 Å². The number of fused-ring (bicyclic) bond motifs is 1. The van der Waals surface area contributed by atoms with E-state index >= 15 is 0 Å². The first kappa shape index (κ1) is 20.0. The smallest absolute Gasteiger partial charge is 0.363 e. The number of benzene rings is 4. The minimum Gasteiger partial charge on any atom is -0.489 e. The van der Waals surface area contributed by atoms with Gasteiger partial charge in [0.25, 0.3) is 0 Å². The topological polar surface area (TPSA) is 47.9 Å². The van der Waals surface area contributed by atoms with Crippen LogP contribution < -0.4 is 4.74 Å². The van der Waals surface area contributed by atoms with Gasteiger partial charge < -0.3 is 9.47 Å². The van der Waals surface area contributed by atoms with E-state index in [2.05, 4.69) is 4.99 Å². The summed E-state index contributed by atoms with van der Waals surface area (Å²) in [7, 11) is 0. The van der Waals surface area contributed by atoms with E-state index in [4.69, 9.17) is 21.1 Å². The maximum Gasteiger partial charge on any atom is 0.363 e. The molecule has 4 nitrogen and oxygen atoms in total. The molecule has 1 heterocycles. The van der Waals surface area contributed by atoms with Gasteiger partial charge in [-0.2, -0.15) is 0 Å². The van der Waals surface area contributed by atoms with Gasteiger partial charge in [0.05, 0.1) is 0 Å². The summed E-state index contributed by atoms with van der Waals surface area (Å²) >= 11 is 6.19.